The number of carboxylic acid groups (broad SMARTS) is 1. The highest BCUT2D eigenvalue weighted by molar-refractivity contribution is 8.21. The highest BCUT2D eigenvalue weighted by Gasteiger charge is 2.12. The Morgan fingerprint density at radius 1 is 1.40 bits per heavy atom. The first-order valence-corrected chi connectivity index (χ1v) is 7.62. The molecule has 1 heterocycles. The largest absolute Gasteiger partial charge is 0.478 e. The van der Waals surface area contributed by atoms with Crippen molar-refractivity contribution in [1.29, 1.82) is 0 Å². The summed E-state index contributed by atoms with van der Waals surface area (Å²) in [5, 5.41) is 9.59. The first kappa shape index (κ1) is 16.9. The third kappa shape index (κ3) is 5.09. The number of nitrogens with zero attached hydrogens (tertiary/aromatic N) is 1. The Morgan fingerprint density at radius 2 is 2.10 bits per heavy atom. The normalized spacial score (nSPS) is 10.4. The van der Waals surface area contributed by atoms with Gasteiger partial charge in [-0.3, -0.25) is 0 Å². The molecule has 0 radical (unpaired) electrons. The second-order valence-corrected chi connectivity index (χ2v) is 5.31. The van der Waals surface area contributed by atoms with Gasteiger partial charge in [0, 0.05) is 11.0 Å². The minimum atomic E-state index is -1.64. The maximum Gasteiger partial charge on any atom is 0.337 e. The van der Waals surface area contributed by atoms with E-state index in [0.29, 0.717) is 36.4 Å². The Balaban J connectivity index is 2.66. The van der Waals surface area contributed by atoms with E-state index in [1.165, 1.54) is 19.1 Å². The molecule has 0 aliphatic rings. The molecule has 0 saturated carbocycles. The van der Waals surface area contributed by atoms with Crippen molar-refractivity contribution in [3.8, 4) is 0 Å². The molecule has 1 N–H and O–H groups in total. The first-order chi connectivity index (χ1) is 9.45. The van der Waals surface area contributed by atoms with Crippen LogP contribution >= 0.6 is 21.7 Å². The van der Waals surface area contributed by atoms with Crippen LogP contribution in [-0.2, 0) is 6.42 Å². The van der Waals surface area contributed by atoms with Gasteiger partial charge in [0.15, 0.2) is 0 Å². The predicted molar refractivity (Wildman–Crippen MR) is 75.4 cm³/mol. The fourth-order valence-corrected chi connectivity index (χ4v) is 2.21. The molecule has 0 atom stereocenters. The highest BCUT2D eigenvalue weighted by Crippen LogP contribution is 2.22. The minimum Gasteiger partial charge on any atom is -0.478 e. The summed E-state index contributed by atoms with van der Waals surface area (Å²) in [5.74, 6) is -1.05. The van der Waals surface area contributed by atoms with Crippen LogP contribution in [0.25, 0.3) is 0 Å². The van der Waals surface area contributed by atoms with Crippen LogP contribution in [0.15, 0.2) is 28.8 Å². The van der Waals surface area contributed by atoms with E-state index in [4.69, 9.17) is 15.8 Å². The average Bonchev–Trinajstić information content (AvgIpc) is 2.42. The molecule has 1 rings (SSSR count). The number of carboxylic acids is 1. The lowest BCUT2D eigenvalue weighted by Crippen LogP contribution is -2.05. The summed E-state index contributed by atoms with van der Waals surface area (Å²) < 4.78 is 24.4. The molecule has 110 valence electrons. The van der Waals surface area contributed by atoms with E-state index < -0.39 is 12.0 Å². The zero-order chi connectivity index (χ0) is 15.1. The van der Waals surface area contributed by atoms with E-state index in [1.54, 1.807) is 0 Å². The Kier molecular flexibility index (Phi) is 6.95. The molecule has 1 aromatic heterocycles. The minimum absolute atomic E-state index is 0.0708. The van der Waals surface area contributed by atoms with Crippen LogP contribution in [0.1, 0.15) is 42.2 Å². The highest BCUT2D eigenvalue weighted by atomic mass is 35.7. The standard InChI is InChI=1S/C13H14ClF2NO2S/c1-8(12(15)16)4-2-3-5-10-9(13(18)19)6-7-11(17-10)20-14/h6-7H,2-5H2,1H3,(H,18,19). The molecule has 1 aromatic rings. The number of hydrogen-bond acceptors (Lipinski definition) is 3. The number of aromatic carboxylic acids is 1. The second kappa shape index (κ2) is 8.21. The van der Waals surface area contributed by atoms with E-state index in [9.17, 15) is 13.6 Å². The van der Waals surface area contributed by atoms with E-state index in [-0.39, 0.29) is 11.1 Å². The van der Waals surface area contributed by atoms with Gasteiger partial charge < -0.3 is 5.11 Å². The lowest BCUT2D eigenvalue weighted by Gasteiger charge is -2.06. The summed E-state index contributed by atoms with van der Waals surface area (Å²) in [6.07, 6.45) is 0.231. The van der Waals surface area contributed by atoms with Crippen LogP contribution in [0.5, 0.6) is 0 Å². The lowest BCUT2D eigenvalue weighted by atomic mass is 10.1. The number of hydrogen-bond donors (Lipinski definition) is 1. The van der Waals surface area contributed by atoms with E-state index >= 15 is 0 Å². The summed E-state index contributed by atoms with van der Waals surface area (Å²) >= 11 is 0. The number of aromatic nitrogens is 1. The number of allylic oxidation sites excluding steroid dienone is 1. The van der Waals surface area contributed by atoms with Gasteiger partial charge in [-0.05, 0) is 61.0 Å². The Labute approximate surface area is 124 Å². The summed E-state index contributed by atoms with van der Waals surface area (Å²) in [7, 11) is 6.50. The summed E-state index contributed by atoms with van der Waals surface area (Å²) in [5.41, 5.74) is 0.635. The Morgan fingerprint density at radius 3 is 2.65 bits per heavy atom. The van der Waals surface area contributed by atoms with Crippen molar-refractivity contribution in [2.24, 2.45) is 0 Å². The van der Waals surface area contributed by atoms with Gasteiger partial charge in [-0.1, -0.05) is 0 Å². The molecule has 0 unspecified atom stereocenters. The average molecular weight is 322 g/mol. The van der Waals surface area contributed by atoms with E-state index in [2.05, 4.69) is 4.98 Å². The molecule has 20 heavy (non-hydrogen) atoms. The predicted octanol–water partition coefficient (Wildman–Crippen LogP) is 4.91. The molecule has 0 aliphatic heterocycles. The molecule has 0 saturated heterocycles. The molecule has 0 bridgehead atoms. The number of unbranched alkanes of at least 4 members (excludes halogenated alkanes) is 1. The second-order valence-electron chi connectivity index (χ2n) is 4.27. The number of aryl methyl sites for hydroxylation is 1. The van der Waals surface area contributed by atoms with Crippen LogP contribution in [-0.4, -0.2) is 16.1 Å². The fourth-order valence-electron chi connectivity index (χ4n) is 1.69. The number of halogens is 3. The molecule has 3 nitrogen and oxygen atoms in total. The number of pyridine rings is 1. The van der Waals surface area contributed by atoms with Crippen molar-refractivity contribution < 1.29 is 18.7 Å². The van der Waals surface area contributed by atoms with Crippen molar-refractivity contribution in [2.45, 2.75) is 37.6 Å². The van der Waals surface area contributed by atoms with Crippen molar-refractivity contribution in [3.63, 3.8) is 0 Å². The third-order valence-corrected chi connectivity index (χ3v) is 3.66. The summed E-state index contributed by atoms with van der Waals surface area (Å²) in [6.45, 7) is 1.39. The van der Waals surface area contributed by atoms with Crippen molar-refractivity contribution in [2.75, 3.05) is 0 Å². The van der Waals surface area contributed by atoms with Gasteiger partial charge in [0.25, 0.3) is 6.08 Å². The molecule has 7 heteroatoms. The fraction of sp³-hybridized carbons (Fsp3) is 0.385. The van der Waals surface area contributed by atoms with Gasteiger partial charge >= 0.3 is 5.97 Å². The number of rotatable bonds is 7. The SMILES string of the molecule is CC(CCCCc1nc(SCl)ccc1C(=O)O)=C(F)F. The van der Waals surface area contributed by atoms with Crippen molar-refractivity contribution in [1.82, 2.24) is 4.98 Å². The maximum absolute atomic E-state index is 12.2. The Bertz CT molecular complexity index is 519. The first-order valence-electron chi connectivity index (χ1n) is 5.98. The summed E-state index contributed by atoms with van der Waals surface area (Å²) in [6, 6.07) is 3.00. The molecular formula is C13H14ClF2NO2S. The maximum atomic E-state index is 12.2. The van der Waals surface area contributed by atoms with Crippen LogP contribution in [0.3, 0.4) is 0 Å². The third-order valence-electron chi connectivity index (χ3n) is 2.80. The summed E-state index contributed by atoms with van der Waals surface area (Å²) in [4.78, 5) is 15.2. The van der Waals surface area contributed by atoms with Gasteiger partial charge in [0.05, 0.1) is 11.3 Å². The quantitative estimate of drug-likeness (QED) is 0.725. The van der Waals surface area contributed by atoms with Gasteiger partial charge in [-0.25, -0.2) is 9.78 Å². The molecule has 0 fully saturated rings. The molecule has 0 aromatic carbocycles. The lowest BCUT2D eigenvalue weighted by molar-refractivity contribution is 0.0695. The van der Waals surface area contributed by atoms with Crippen LogP contribution in [0, 0.1) is 0 Å². The van der Waals surface area contributed by atoms with Gasteiger partial charge in [-0.2, -0.15) is 8.78 Å². The molecule has 0 aliphatic carbocycles. The number of carbonyl (C=O) groups is 1. The van der Waals surface area contributed by atoms with Crippen molar-refractivity contribution in [3.05, 3.63) is 35.0 Å². The van der Waals surface area contributed by atoms with Crippen molar-refractivity contribution >= 4 is 27.6 Å². The topological polar surface area (TPSA) is 50.2 Å². The van der Waals surface area contributed by atoms with E-state index in [1.807, 2.05) is 0 Å². The van der Waals surface area contributed by atoms with Crippen LogP contribution < -0.4 is 0 Å². The van der Waals surface area contributed by atoms with Gasteiger partial charge in [-0.15, -0.1) is 0 Å². The van der Waals surface area contributed by atoms with Gasteiger partial charge in [0.2, 0.25) is 0 Å². The molecule has 0 spiro atoms. The zero-order valence-corrected chi connectivity index (χ0v) is 12.4. The molecule has 0 amide bonds. The monoisotopic (exact) mass is 321 g/mol. The Hall–Kier alpha value is -1.14. The van der Waals surface area contributed by atoms with Gasteiger partial charge in [0.1, 0.15) is 5.03 Å². The molecular weight excluding hydrogens is 308 g/mol. The van der Waals surface area contributed by atoms with Crippen LogP contribution in [0.4, 0.5) is 8.78 Å². The smallest absolute Gasteiger partial charge is 0.337 e. The van der Waals surface area contributed by atoms with Crippen LogP contribution in [0.2, 0.25) is 0 Å². The van der Waals surface area contributed by atoms with E-state index in [0.717, 1.165) is 11.0 Å². The zero-order valence-electron chi connectivity index (χ0n) is 10.8.